The van der Waals surface area contributed by atoms with E-state index in [-0.39, 0.29) is 5.91 Å². The second-order valence-corrected chi connectivity index (χ2v) is 7.43. The van der Waals surface area contributed by atoms with Crippen LogP contribution in [0.5, 0.6) is 0 Å². The molecule has 1 aromatic heterocycles. The summed E-state index contributed by atoms with van der Waals surface area (Å²) in [6.45, 7) is 5.93. The first-order chi connectivity index (χ1) is 13.1. The summed E-state index contributed by atoms with van der Waals surface area (Å²) >= 11 is 0. The van der Waals surface area contributed by atoms with Crippen molar-refractivity contribution in [2.75, 3.05) is 13.1 Å². The fourth-order valence-electron chi connectivity index (χ4n) is 3.87. The summed E-state index contributed by atoms with van der Waals surface area (Å²) in [4.78, 5) is 22.1. The van der Waals surface area contributed by atoms with Crippen LogP contribution < -0.4 is 0 Å². The number of imidazole rings is 1. The highest BCUT2D eigenvalue weighted by atomic mass is 16.2. The lowest BCUT2D eigenvalue weighted by atomic mass is 9.93. The number of hydrogen-bond acceptors (Lipinski definition) is 2. The van der Waals surface area contributed by atoms with Crippen molar-refractivity contribution in [2.24, 2.45) is 5.92 Å². The molecule has 0 aliphatic carbocycles. The Bertz CT molecular complexity index is 974. The lowest BCUT2D eigenvalue weighted by Crippen LogP contribution is -2.38. The Labute approximate surface area is 159 Å². The Kier molecular flexibility index (Phi) is 4.80. The first-order valence-electron chi connectivity index (χ1n) is 9.58. The molecule has 0 radical (unpaired) electrons. The van der Waals surface area contributed by atoms with Gasteiger partial charge in [0.05, 0.1) is 17.4 Å². The molecule has 0 saturated carbocycles. The fraction of sp³-hybridized carbons (Fsp3) is 0.304. The molecule has 4 nitrogen and oxygen atoms in total. The van der Waals surface area contributed by atoms with Crippen LogP contribution in [0.3, 0.4) is 0 Å². The average Bonchev–Trinajstić information content (AvgIpc) is 3.15. The number of aromatic nitrogens is 2. The quantitative estimate of drug-likeness (QED) is 0.734. The molecule has 1 aliphatic rings. The van der Waals surface area contributed by atoms with Gasteiger partial charge in [-0.3, -0.25) is 4.79 Å². The Balaban J connectivity index is 1.39. The molecule has 138 valence electrons. The summed E-state index contributed by atoms with van der Waals surface area (Å²) in [5, 5.41) is 0. The van der Waals surface area contributed by atoms with E-state index in [9.17, 15) is 4.79 Å². The molecule has 4 heteroatoms. The van der Waals surface area contributed by atoms with Crippen molar-refractivity contribution >= 4 is 23.0 Å². The second kappa shape index (κ2) is 7.39. The SMILES string of the molecule is Cc1cccc(C)c1/C=C/C1CCN(C(=O)c2ccc3nc[nH]c3c2)CC1. The number of carbonyl (C=O) groups is 1. The normalized spacial score (nSPS) is 15.7. The third-order valence-electron chi connectivity index (χ3n) is 5.57. The zero-order chi connectivity index (χ0) is 18.8. The summed E-state index contributed by atoms with van der Waals surface area (Å²) < 4.78 is 0. The van der Waals surface area contributed by atoms with E-state index in [4.69, 9.17) is 0 Å². The molecule has 1 amide bonds. The van der Waals surface area contributed by atoms with Crippen LogP contribution in [-0.4, -0.2) is 33.9 Å². The number of amides is 1. The van der Waals surface area contributed by atoms with E-state index in [0.717, 1.165) is 42.5 Å². The van der Waals surface area contributed by atoms with E-state index in [1.54, 1.807) is 6.33 Å². The van der Waals surface area contributed by atoms with Gasteiger partial charge in [0, 0.05) is 18.7 Å². The number of hydrogen-bond donors (Lipinski definition) is 1. The monoisotopic (exact) mass is 359 g/mol. The number of carbonyl (C=O) groups excluding carboxylic acids is 1. The van der Waals surface area contributed by atoms with Crippen LogP contribution >= 0.6 is 0 Å². The highest BCUT2D eigenvalue weighted by Crippen LogP contribution is 2.23. The van der Waals surface area contributed by atoms with E-state index in [0.29, 0.717) is 5.92 Å². The third-order valence-corrected chi connectivity index (χ3v) is 5.57. The molecule has 1 saturated heterocycles. The maximum Gasteiger partial charge on any atom is 0.253 e. The van der Waals surface area contributed by atoms with Crippen molar-refractivity contribution in [1.82, 2.24) is 14.9 Å². The van der Waals surface area contributed by atoms with Gasteiger partial charge in [-0.15, -0.1) is 0 Å². The largest absolute Gasteiger partial charge is 0.345 e. The predicted molar refractivity (Wildman–Crippen MR) is 110 cm³/mol. The predicted octanol–water partition coefficient (Wildman–Crippen LogP) is 4.75. The van der Waals surface area contributed by atoms with Crippen LogP contribution in [0.1, 0.15) is 39.9 Å². The van der Waals surface area contributed by atoms with Gasteiger partial charge in [0.25, 0.3) is 5.91 Å². The first-order valence-corrected chi connectivity index (χ1v) is 9.58. The zero-order valence-corrected chi connectivity index (χ0v) is 15.9. The number of rotatable bonds is 3. The van der Waals surface area contributed by atoms with Crippen LogP contribution in [0.4, 0.5) is 0 Å². The Morgan fingerprint density at radius 3 is 2.63 bits per heavy atom. The van der Waals surface area contributed by atoms with Gasteiger partial charge in [-0.2, -0.15) is 0 Å². The summed E-state index contributed by atoms with van der Waals surface area (Å²) in [7, 11) is 0. The van der Waals surface area contributed by atoms with Gasteiger partial charge in [0.15, 0.2) is 0 Å². The summed E-state index contributed by atoms with van der Waals surface area (Å²) in [5.41, 5.74) is 6.48. The number of allylic oxidation sites excluding steroid dienone is 1. The van der Waals surface area contributed by atoms with Gasteiger partial charge in [-0.1, -0.05) is 30.4 Å². The standard InChI is InChI=1S/C23H25N3O/c1-16-4-3-5-17(2)20(16)8-6-18-10-12-26(13-11-18)23(27)19-7-9-21-22(14-19)25-15-24-21/h3-9,14-15,18H,10-13H2,1-2H3,(H,24,25)/b8-6+. The van der Waals surface area contributed by atoms with Crippen LogP contribution in [0.15, 0.2) is 48.8 Å². The Morgan fingerprint density at radius 2 is 1.89 bits per heavy atom. The Hall–Kier alpha value is -2.88. The molecular weight excluding hydrogens is 334 g/mol. The van der Waals surface area contributed by atoms with Crippen molar-refractivity contribution in [1.29, 1.82) is 0 Å². The molecule has 3 aromatic rings. The molecule has 0 spiro atoms. The molecule has 0 atom stereocenters. The lowest BCUT2D eigenvalue weighted by Gasteiger charge is -2.31. The van der Waals surface area contributed by atoms with Crippen LogP contribution in [-0.2, 0) is 0 Å². The van der Waals surface area contributed by atoms with Crippen molar-refractivity contribution < 1.29 is 4.79 Å². The molecule has 27 heavy (non-hydrogen) atoms. The highest BCUT2D eigenvalue weighted by molar-refractivity contribution is 5.97. The third kappa shape index (κ3) is 3.65. The van der Waals surface area contributed by atoms with E-state index < -0.39 is 0 Å². The van der Waals surface area contributed by atoms with Crippen molar-refractivity contribution in [3.63, 3.8) is 0 Å². The molecule has 2 heterocycles. The molecular formula is C23H25N3O. The average molecular weight is 359 g/mol. The van der Waals surface area contributed by atoms with Gasteiger partial charge in [-0.25, -0.2) is 4.98 Å². The highest BCUT2D eigenvalue weighted by Gasteiger charge is 2.22. The minimum atomic E-state index is 0.115. The number of nitrogens with one attached hydrogen (secondary N) is 1. The van der Waals surface area contributed by atoms with Gasteiger partial charge in [0.1, 0.15) is 0 Å². The number of aromatic amines is 1. The lowest BCUT2D eigenvalue weighted by molar-refractivity contribution is 0.0706. The van der Waals surface area contributed by atoms with Crippen LogP contribution in [0.25, 0.3) is 17.1 Å². The minimum absolute atomic E-state index is 0.115. The molecule has 2 aromatic carbocycles. The van der Waals surface area contributed by atoms with Crippen molar-refractivity contribution in [3.05, 3.63) is 71.1 Å². The van der Waals surface area contributed by atoms with Gasteiger partial charge < -0.3 is 9.88 Å². The number of piperidine rings is 1. The molecule has 1 aliphatic heterocycles. The van der Waals surface area contributed by atoms with Gasteiger partial charge in [0.2, 0.25) is 0 Å². The minimum Gasteiger partial charge on any atom is -0.345 e. The smallest absolute Gasteiger partial charge is 0.253 e. The van der Waals surface area contributed by atoms with Gasteiger partial charge in [-0.05, 0) is 67.5 Å². The van der Waals surface area contributed by atoms with E-state index >= 15 is 0 Å². The maximum absolute atomic E-state index is 12.8. The number of H-pyrrole nitrogens is 1. The van der Waals surface area contributed by atoms with Crippen molar-refractivity contribution in [2.45, 2.75) is 26.7 Å². The summed E-state index contributed by atoms with van der Waals surface area (Å²) in [6.07, 6.45) is 8.28. The van der Waals surface area contributed by atoms with Crippen molar-refractivity contribution in [3.8, 4) is 0 Å². The number of fused-ring (bicyclic) bond motifs is 1. The van der Waals surface area contributed by atoms with E-state index in [2.05, 4.69) is 54.2 Å². The van der Waals surface area contributed by atoms with E-state index in [1.165, 1.54) is 16.7 Å². The van der Waals surface area contributed by atoms with Crippen LogP contribution in [0, 0.1) is 19.8 Å². The molecule has 4 rings (SSSR count). The number of nitrogens with zero attached hydrogens (tertiary/aromatic N) is 2. The molecule has 0 unspecified atom stereocenters. The second-order valence-electron chi connectivity index (χ2n) is 7.43. The first kappa shape index (κ1) is 17.5. The number of likely N-dealkylation sites (tertiary alicyclic amines) is 1. The maximum atomic E-state index is 12.8. The Morgan fingerprint density at radius 1 is 1.15 bits per heavy atom. The number of benzene rings is 2. The fourth-order valence-corrected chi connectivity index (χ4v) is 3.87. The topological polar surface area (TPSA) is 49.0 Å². The number of aryl methyl sites for hydroxylation is 2. The molecule has 1 fully saturated rings. The molecule has 1 N–H and O–H groups in total. The van der Waals surface area contributed by atoms with Crippen LogP contribution in [0.2, 0.25) is 0 Å². The van der Waals surface area contributed by atoms with Gasteiger partial charge >= 0.3 is 0 Å². The van der Waals surface area contributed by atoms with E-state index in [1.807, 2.05) is 23.1 Å². The molecule has 0 bridgehead atoms. The summed E-state index contributed by atoms with van der Waals surface area (Å²) in [5.74, 6) is 0.645. The summed E-state index contributed by atoms with van der Waals surface area (Å²) in [6, 6.07) is 12.1. The zero-order valence-electron chi connectivity index (χ0n) is 15.9.